The molecule has 0 spiro atoms. The van der Waals surface area contributed by atoms with Gasteiger partial charge in [-0.15, -0.1) is 6.58 Å². The fourth-order valence-electron chi connectivity index (χ4n) is 4.21. The Morgan fingerprint density at radius 1 is 1.22 bits per heavy atom. The molecule has 2 aliphatic rings. The molecule has 3 rings (SSSR count). The van der Waals surface area contributed by atoms with Crippen molar-refractivity contribution in [2.45, 2.75) is 40.2 Å². The van der Waals surface area contributed by atoms with Crippen LogP contribution in [0.3, 0.4) is 0 Å². The van der Waals surface area contributed by atoms with E-state index < -0.39 is 6.04 Å². The molecule has 6 heteroatoms. The number of rotatable bonds is 5. The quantitative estimate of drug-likeness (QED) is 0.525. The van der Waals surface area contributed by atoms with E-state index in [2.05, 4.69) is 50.2 Å². The first kappa shape index (κ1) is 19.8. The minimum absolute atomic E-state index is 0.00204. The van der Waals surface area contributed by atoms with Crippen molar-refractivity contribution >= 4 is 39.3 Å². The molecule has 0 bridgehead atoms. The molecule has 27 heavy (non-hydrogen) atoms. The standard InChI is InChI=1S/C21H25BrN2O3/c1-6-11-23(19(27)17-20(2,3)21(17,4)5)15-12-16(25)24(18(15)26)14-9-7-13(22)8-10-14/h6-10,15,17H,1,11-12H2,2-5H3. The van der Waals surface area contributed by atoms with Crippen LogP contribution in [-0.4, -0.2) is 35.2 Å². The van der Waals surface area contributed by atoms with Crippen molar-refractivity contribution in [3.63, 3.8) is 0 Å². The van der Waals surface area contributed by atoms with Crippen LogP contribution < -0.4 is 4.90 Å². The average molecular weight is 433 g/mol. The minimum Gasteiger partial charge on any atom is -0.326 e. The number of benzene rings is 1. The van der Waals surface area contributed by atoms with Crippen molar-refractivity contribution in [1.29, 1.82) is 0 Å². The Hall–Kier alpha value is -1.95. The first-order chi connectivity index (χ1) is 12.5. The Kier molecular flexibility index (Phi) is 4.83. The highest BCUT2D eigenvalue weighted by Gasteiger charge is 2.69. The molecule has 0 radical (unpaired) electrons. The maximum absolute atomic E-state index is 13.2. The van der Waals surface area contributed by atoms with Gasteiger partial charge < -0.3 is 4.90 Å². The third-order valence-corrected chi connectivity index (χ3v) is 6.99. The fourth-order valence-corrected chi connectivity index (χ4v) is 4.47. The van der Waals surface area contributed by atoms with Gasteiger partial charge in [0.15, 0.2) is 0 Å². The van der Waals surface area contributed by atoms with E-state index in [1.165, 1.54) is 9.80 Å². The summed E-state index contributed by atoms with van der Waals surface area (Å²) in [5.74, 6) is -0.888. The highest BCUT2D eigenvalue weighted by atomic mass is 79.9. The van der Waals surface area contributed by atoms with E-state index in [1.807, 2.05) is 0 Å². The predicted octanol–water partition coefficient (Wildman–Crippen LogP) is 3.78. The van der Waals surface area contributed by atoms with Gasteiger partial charge in [0, 0.05) is 16.9 Å². The lowest BCUT2D eigenvalue weighted by Crippen LogP contribution is -2.47. The molecule has 1 aromatic rings. The maximum atomic E-state index is 13.2. The monoisotopic (exact) mass is 432 g/mol. The molecule has 1 unspecified atom stereocenters. The third kappa shape index (κ3) is 3.04. The summed E-state index contributed by atoms with van der Waals surface area (Å²) < 4.78 is 0.864. The topological polar surface area (TPSA) is 57.7 Å². The molecule has 1 aromatic carbocycles. The second-order valence-electron chi connectivity index (χ2n) is 8.42. The van der Waals surface area contributed by atoms with E-state index in [-0.39, 0.29) is 47.4 Å². The van der Waals surface area contributed by atoms with Gasteiger partial charge in [0.2, 0.25) is 11.8 Å². The summed E-state index contributed by atoms with van der Waals surface area (Å²) in [6.45, 7) is 12.2. The Bertz CT molecular complexity index is 799. The van der Waals surface area contributed by atoms with Gasteiger partial charge in [-0.25, -0.2) is 4.90 Å². The van der Waals surface area contributed by atoms with Gasteiger partial charge in [-0.2, -0.15) is 0 Å². The Labute approximate surface area is 168 Å². The van der Waals surface area contributed by atoms with Crippen LogP contribution in [0, 0.1) is 16.7 Å². The Morgan fingerprint density at radius 3 is 2.26 bits per heavy atom. The fraction of sp³-hybridized carbons (Fsp3) is 0.476. The van der Waals surface area contributed by atoms with Crippen molar-refractivity contribution in [2.24, 2.45) is 16.7 Å². The molecule has 1 aliphatic heterocycles. The lowest BCUT2D eigenvalue weighted by molar-refractivity contribution is -0.139. The SMILES string of the molecule is C=CCN(C(=O)C1C(C)(C)C1(C)C)C1CC(=O)N(c2ccc(Br)cc2)C1=O. The highest BCUT2D eigenvalue weighted by molar-refractivity contribution is 9.10. The van der Waals surface area contributed by atoms with Crippen LogP contribution in [0.15, 0.2) is 41.4 Å². The largest absolute Gasteiger partial charge is 0.326 e. The van der Waals surface area contributed by atoms with Gasteiger partial charge >= 0.3 is 0 Å². The van der Waals surface area contributed by atoms with Gasteiger partial charge in [0.25, 0.3) is 5.91 Å². The second-order valence-corrected chi connectivity index (χ2v) is 9.34. The Balaban J connectivity index is 1.88. The second kappa shape index (κ2) is 6.59. The summed E-state index contributed by atoms with van der Waals surface area (Å²) in [4.78, 5) is 41.6. The minimum atomic E-state index is -0.779. The van der Waals surface area contributed by atoms with E-state index in [0.29, 0.717) is 5.69 Å². The molecule has 1 heterocycles. The molecule has 0 aromatic heterocycles. The number of nitrogens with zero attached hydrogens (tertiary/aromatic N) is 2. The molecular formula is C21H25BrN2O3. The molecule has 2 fully saturated rings. The van der Waals surface area contributed by atoms with Gasteiger partial charge in [-0.3, -0.25) is 14.4 Å². The first-order valence-electron chi connectivity index (χ1n) is 9.07. The van der Waals surface area contributed by atoms with Gasteiger partial charge in [0.1, 0.15) is 6.04 Å². The number of hydrogen-bond donors (Lipinski definition) is 0. The number of hydrogen-bond acceptors (Lipinski definition) is 3. The summed E-state index contributed by atoms with van der Waals surface area (Å²) in [5, 5.41) is 0. The molecule has 3 amide bonds. The van der Waals surface area contributed by atoms with Gasteiger partial charge in [-0.1, -0.05) is 49.7 Å². The lowest BCUT2D eigenvalue weighted by atomic mass is 10.0. The lowest BCUT2D eigenvalue weighted by Gasteiger charge is -2.27. The van der Waals surface area contributed by atoms with Crippen molar-refractivity contribution < 1.29 is 14.4 Å². The van der Waals surface area contributed by atoms with Crippen molar-refractivity contribution in [2.75, 3.05) is 11.4 Å². The number of anilines is 1. The van der Waals surface area contributed by atoms with Crippen molar-refractivity contribution in [3.8, 4) is 0 Å². The molecule has 1 saturated heterocycles. The number of carbonyl (C=O) groups excluding carboxylic acids is 3. The van der Waals surface area contributed by atoms with Crippen LogP contribution in [0.4, 0.5) is 5.69 Å². The van der Waals surface area contributed by atoms with Crippen LogP contribution in [0.5, 0.6) is 0 Å². The van der Waals surface area contributed by atoms with Gasteiger partial charge in [-0.05, 0) is 35.1 Å². The van der Waals surface area contributed by atoms with Crippen LogP contribution in [0.1, 0.15) is 34.1 Å². The molecule has 5 nitrogen and oxygen atoms in total. The Morgan fingerprint density at radius 2 is 1.78 bits per heavy atom. The van der Waals surface area contributed by atoms with E-state index in [9.17, 15) is 14.4 Å². The van der Waals surface area contributed by atoms with E-state index in [4.69, 9.17) is 0 Å². The molecule has 1 saturated carbocycles. The summed E-state index contributed by atoms with van der Waals surface area (Å²) in [6, 6.07) is 6.22. The van der Waals surface area contributed by atoms with Gasteiger partial charge in [0.05, 0.1) is 12.1 Å². The summed E-state index contributed by atoms with van der Waals surface area (Å²) in [5.41, 5.74) is 0.245. The highest BCUT2D eigenvalue weighted by Crippen LogP contribution is 2.68. The molecule has 0 N–H and O–H groups in total. The predicted molar refractivity (Wildman–Crippen MR) is 108 cm³/mol. The zero-order valence-electron chi connectivity index (χ0n) is 16.2. The number of carbonyl (C=O) groups is 3. The zero-order chi connectivity index (χ0) is 20.1. The molecule has 1 atom stereocenters. The average Bonchev–Trinajstić information content (AvgIpc) is 2.82. The number of imide groups is 1. The third-order valence-electron chi connectivity index (χ3n) is 6.46. The molecule has 1 aliphatic carbocycles. The van der Waals surface area contributed by atoms with Crippen LogP contribution in [-0.2, 0) is 14.4 Å². The summed E-state index contributed by atoms with van der Waals surface area (Å²) in [7, 11) is 0. The number of halogens is 1. The number of amides is 3. The smallest absolute Gasteiger partial charge is 0.257 e. The zero-order valence-corrected chi connectivity index (χ0v) is 17.7. The van der Waals surface area contributed by atoms with E-state index in [1.54, 1.807) is 30.3 Å². The normalized spacial score (nSPS) is 23.4. The van der Waals surface area contributed by atoms with Crippen LogP contribution in [0.2, 0.25) is 0 Å². The summed E-state index contributed by atoms with van der Waals surface area (Å²) in [6.07, 6.45) is 1.61. The maximum Gasteiger partial charge on any atom is 0.257 e. The molecular weight excluding hydrogens is 408 g/mol. The van der Waals surface area contributed by atoms with Crippen molar-refractivity contribution in [1.82, 2.24) is 4.90 Å². The summed E-state index contributed by atoms with van der Waals surface area (Å²) >= 11 is 3.35. The first-order valence-corrected chi connectivity index (χ1v) is 9.87. The van der Waals surface area contributed by atoms with Crippen molar-refractivity contribution in [3.05, 3.63) is 41.4 Å². The van der Waals surface area contributed by atoms with E-state index in [0.717, 1.165) is 4.47 Å². The van der Waals surface area contributed by atoms with E-state index >= 15 is 0 Å². The molecule has 144 valence electrons. The van der Waals surface area contributed by atoms with Crippen LogP contribution >= 0.6 is 15.9 Å². The van der Waals surface area contributed by atoms with Crippen LogP contribution in [0.25, 0.3) is 0 Å².